The normalized spacial score (nSPS) is 15.8. The third-order valence-corrected chi connectivity index (χ3v) is 3.86. The first-order chi connectivity index (χ1) is 9.36. The summed E-state index contributed by atoms with van der Waals surface area (Å²) in [6.45, 7) is 1.02. The molecule has 0 unspecified atom stereocenters. The van der Waals surface area contributed by atoms with Crippen LogP contribution in [0, 0.1) is 5.92 Å². The first-order valence-electron chi connectivity index (χ1n) is 7.05. The van der Waals surface area contributed by atoms with E-state index in [0.717, 1.165) is 29.2 Å². The van der Waals surface area contributed by atoms with E-state index in [2.05, 4.69) is 26.7 Å². The summed E-state index contributed by atoms with van der Waals surface area (Å²) < 4.78 is 0. The van der Waals surface area contributed by atoms with Crippen LogP contribution in [0.4, 0.5) is 11.8 Å². The molecule has 0 amide bonds. The summed E-state index contributed by atoms with van der Waals surface area (Å²) in [5, 5.41) is 7.64. The van der Waals surface area contributed by atoms with E-state index in [-0.39, 0.29) is 0 Å². The second-order valence-corrected chi connectivity index (χ2v) is 5.19. The van der Waals surface area contributed by atoms with E-state index in [1.165, 1.54) is 25.7 Å². The highest BCUT2D eigenvalue weighted by Gasteiger charge is 2.15. The van der Waals surface area contributed by atoms with Gasteiger partial charge in [-0.3, -0.25) is 0 Å². The minimum Gasteiger partial charge on any atom is -0.369 e. The smallest absolute Gasteiger partial charge is 0.224 e. The summed E-state index contributed by atoms with van der Waals surface area (Å²) in [7, 11) is 1.85. The number of anilines is 2. The highest BCUT2D eigenvalue weighted by Crippen LogP contribution is 2.26. The summed E-state index contributed by atoms with van der Waals surface area (Å²) in [6, 6.07) is 8.14. The molecule has 1 fully saturated rings. The van der Waals surface area contributed by atoms with Crippen molar-refractivity contribution in [1.29, 1.82) is 0 Å². The number of fused-ring (bicyclic) bond motifs is 1. The number of benzene rings is 1. The molecule has 2 aromatic rings. The van der Waals surface area contributed by atoms with Crippen molar-refractivity contribution in [3.8, 4) is 0 Å². The first kappa shape index (κ1) is 12.2. The van der Waals surface area contributed by atoms with E-state index in [0.29, 0.717) is 5.95 Å². The monoisotopic (exact) mass is 256 g/mol. The van der Waals surface area contributed by atoms with Crippen molar-refractivity contribution in [2.45, 2.75) is 25.7 Å². The van der Waals surface area contributed by atoms with E-state index in [1.807, 2.05) is 25.2 Å². The van der Waals surface area contributed by atoms with Gasteiger partial charge in [-0.25, -0.2) is 4.98 Å². The summed E-state index contributed by atoms with van der Waals surface area (Å²) in [5.41, 5.74) is 0.982. The van der Waals surface area contributed by atoms with Gasteiger partial charge in [0, 0.05) is 19.0 Å². The van der Waals surface area contributed by atoms with Crippen LogP contribution in [-0.2, 0) is 0 Å². The van der Waals surface area contributed by atoms with Crippen molar-refractivity contribution in [1.82, 2.24) is 9.97 Å². The van der Waals surface area contributed by atoms with Gasteiger partial charge in [0.15, 0.2) is 0 Å². The predicted octanol–water partition coefficient (Wildman–Crippen LogP) is 3.27. The Kier molecular flexibility index (Phi) is 3.49. The molecule has 1 aliphatic carbocycles. The molecular weight excluding hydrogens is 236 g/mol. The molecule has 0 spiro atoms. The molecule has 0 bridgehead atoms. The number of aromatic nitrogens is 2. The molecule has 1 aliphatic rings. The van der Waals surface area contributed by atoms with Gasteiger partial charge >= 0.3 is 0 Å². The number of nitrogens with zero attached hydrogens (tertiary/aromatic N) is 2. The third-order valence-electron chi connectivity index (χ3n) is 3.86. The number of hydrogen-bond acceptors (Lipinski definition) is 4. The lowest BCUT2D eigenvalue weighted by molar-refractivity contribution is 0.579. The maximum absolute atomic E-state index is 4.55. The Morgan fingerprint density at radius 3 is 2.74 bits per heavy atom. The van der Waals surface area contributed by atoms with Gasteiger partial charge in [0.1, 0.15) is 5.82 Å². The first-order valence-corrected chi connectivity index (χ1v) is 7.05. The zero-order valence-corrected chi connectivity index (χ0v) is 11.3. The van der Waals surface area contributed by atoms with E-state index in [4.69, 9.17) is 0 Å². The van der Waals surface area contributed by atoms with E-state index < -0.39 is 0 Å². The maximum atomic E-state index is 4.55. The average molecular weight is 256 g/mol. The lowest BCUT2D eigenvalue weighted by Crippen LogP contribution is -2.13. The fraction of sp³-hybridized carbons (Fsp3) is 0.467. The summed E-state index contributed by atoms with van der Waals surface area (Å²) in [6.07, 6.45) is 5.43. The van der Waals surface area contributed by atoms with Crippen LogP contribution >= 0.6 is 0 Å². The van der Waals surface area contributed by atoms with Crippen LogP contribution in [0.3, 0.4) is 0 Å². The third kappa shape index (κ3) is 2.62. The summed E-state index contributed by atoms with van der Waals surface area (Å²) >= 11 is 0. The molecule has 0 radical (unpaired) electrons. The Morgan fingerprint density at radius 2 is 1.95 bits per heavy atom. The Labute approximate surface area is 113 Å². The van der Waals surface area contributed by atoms with E-state index in [1.54, 1.807) is 0 Å². The van der Waals surface area contributed by atoms with Gasteiger partial charge in [0.05, 0.1) is 5.52 Å². The van der Waals surface area contributed by atoms with Crippen LogP contribution in [0.1, 0.15) is 25.7 Å². The predicted molar refractivity (Wildman–Crippen MR) is 79.5 cm³/mol. The van der Waals surface area contributed by atoms with E-state index in [9.17, 15) is 0 Å². The molecule has 4 heteroatoms. The largest absolute Gasteiger partial charge is 0.369 e. The summed E-state index contributed by atoms with van der Waals surface area (Å²) in [4.78, 5) is 9.02. The van der Waals surface area contributed by atoms with Crippen molar-refractivity contribution in [2.75, 3.05) is 24.2 Å². The number of nitrogens with one attached hydrogen (secondary N) is 2. The van der Waals surface area contributed by atoms with Gasteiger partial charge in [-0.1, -0.05) is 25.0 Å². The maximum Gasteiger partial charge on any atom is 0.224 e. The molecule has 1 aromatic heterocycles. The zero-order valence-electron chi connectivity index (χ0n) is 11.3. The molecular formula is C15H20N4. The SMILES string of the molecule is CNc1nc(NCC2CCCC2)c2ccccc2n1. The standard InChI is InChI=1S/C15H20N4/c1-16-15-18-13-9-5-4-8-12(13)14(19-15)17-10-11-6-2-3-7-11/h4-5,8-9,11H,2-3,6-7,10H2,1H3,(H2,16,17,18,19). The van der Waals surface area contributed by atoms with Crippen molar-refractivity contribution in [3.63, 3.8) is 0 Å². The molecule has 1 heterocycles. The van der Waals surface area contributed by atoms with Crippen molar-refractivity contribution >= 4 is 22.7 Å². The molecule has 0 atom stereocenters. The lowest BCUT2D eigenvalue weighted by atomic mass is 10.1. The van der Waals surface area contributed by atoms with Crippen LogP contribution in [0.15, 0.2) is 24.3 Å². The number of hydrogen-bond donors (Lipinski definition) is 2. The van der Waals surface area contributed by atoms with Gasteiger partial charge in [-0.15, -0.1) is 0 Å². The zero-order chi connectivity index (χ0) is 13.1. The number of para-hydroxylation sites is 1. The van der Waals surface area contributed by atoms with Gasteiger partial charge in [0.2, 0.25) is 5.95 Å². The second-order valence-electron chi connectivity index (χ2n) is 5.19. The molecule has 1 saturated carbocycles. The quantitative estimate of drug-likeness (QED) is 0.881. The highest BCUT2D eigenvalue weighted by atomic mass is 15.1. The second kappa shape index (κ2) is 5.43. The van der Waals surface area contributed by atoms with Gasteiger partial charge in [-0.2, -0.15) is 4.98 Å². The molecule has 100 valence electrons. The van der Waals surface area contributed by atoms with Gasteiger partial charge in [0.25, 0.3) is 0 Å². The fourth-order valence-electron chi connectivity index (χ4n) is 2.78. The Balaban J connectivity index is 1.87. The van der Waals surface area contributed by atoms with Crippen molar-refractivity contribution in [3.05, 3.63) is 24.3 Å². The van der Waals surface area contributed by atoms with Crippen LogP contribution in [0.5, 0.6) is 0 Å². The minimum atomic E-state index is 0.674. The van der Waals surface area contributed by atoms with E-state index >= 15 is 0 Å². The lowest BCUT2D eigenvalue weighted by Gasteiger charge is -2.13. The van der Waals surface area contributed by atoms with Crippen LogP contribution in [0.25, 0.3) is 10.9 Å². The fourth-order valence-corrected chi connectivity index (χ4v) is 2.78. The van der Waals surface area contributed by atoms with Gasteiger partial charge < -0.3 is 10.6 Å². The Morgan fingerprint density at radius 1 is 1.16 bits per heavy atom. The van der Waals surface area contributed by atoms with Crippen molar-refractivity contribution in [2.24, 2.45) is 5.92 Å². The Hall–Kier alpha value is -1.84. The van der Waals surface area contributed by atoms with Crippen LogP contribution in [0.2, 0.25) is 0 Å². The molecule has 3 rings (SSSR count). The summed E-state index contributed by atoms with van der Waals surface area (Å²) in [5.74, 6) is 2.42. The van der Waals surface area contributed by atoms with Crippen LogP contribution in [-0.4, -0.2) is 23.6 Å². The molecule has 0 aliphatic heterocycles. The number of rotatable bonds is 4. The highest BCUT2D eigenvalue weighted by molar-refractivity contribution is 5.89. The van der Waals surface area contributed by atoms with Crippen molar-refractivity contribution < 1.29 is 0 Å². The molecule has 0 saturated heterocycles. The van der Waals surface area contributed by atoms with Gasteiger partial charge in [-0.05, 0) is 30.9 Å². The molecule has 19 heavy (non-hydrogen) atoms. The molecule has 2 N–H and O–H groups in total. The Bertz CT molecular complexity index is 561. The van der Waals surface area contributed by atoms with Crippen LogP contribution < -0.4 is 10.6 Å². The topological polar surface area (TPSA) is 49.8 Å². The molecule has 4 nitrogen and oxygen atoms in total. The molecule has 1 aromatic carbocycles. The minimum absolute atomic E-state index is 0.674. The average Bonchev–Trinajstić information content (AvgIpc) is 2.97.